The van der Waals surface area contributed by atoms with Gasteiger partial charge in [0.1, 0.15) is 5.75 Å². The lowest BCUT2D eigenvalue weighted by molar-refractivity contribution is -0.0498. The minimum absolute atomic E-state index is 0.0249. The highest BCUT2D eigenvalue weighted by Crippen LogP contribution is 2.28. The van der Waals surface area contributed by atoms with Crippen LogP contribution in [-0.4, -0.2) is 24.6 Å². The summed E-state index contributed by atoms with van der Waals surface area (Å²) in [6, 6.07) is 5.79. The number of hydrogen-bond acceptors (Lipinski definition) is 3. The van der Waals surface area contributed by atoms with E-state index in [1.54, 1.807) is 6.07 Å². The third-order valence-corrected chi connectivity index (χ3v) is 3.90. The summed E-state index contributed by atoms with van der Waals surface area (Å²) < 4.78 is 28.7. The molecule has 6 heteroatoms. The molecule has 4 nitrogen and oxygen atoms in total. The number of rotatable bonds is 5. The molecule has 1 amide bonds. The van der Waals surface area contributed by atoms with Gasteiger partial charge in [0.2, 0.25) is 0 Å². The van der Waals surface area contributed by atoms with Crippen molar-refractivity contribution in [1.82, 2.24) is 5.32 Å². The topological polar surface area (TPSA) is 64.3 Å². The van der Waals surface area contributed by atoms with Crippen molar-refractivity contribution >= 4 is 5.91 Å². The third-order valence-electron chi connectivity index (χ3n) is 3.90. The second kappa shape index (κ2) is 6.85. The summed E-state index contributed by atoms with van der Waals surface area (Å²) in [6.07, 6.45) is 4.91. The van der Waals surface area contributed by atoms with Crippen molar-refractivity contribution in [3.63, 3.8) is 0 Å². The van der Waals surface area contributed by atoms with E-state index in [1.807, 2.05) is 0 Å². The normalized spacial score (nSPS) is 17.5. The van der Waals surface area contributed by atoms with Gasteiger partial charge in [0.25, 0.3) is 5.91 Å². The zero-order valence-corrected chi connectivity index (χ0v) is 11.8. The summed E-state index contributed by atoms with van der Waals surface area (Å²) in [4.78, 5) is 12.3. The molecule has 0 saturated heterocycles. The summed E-state index contributed by atoms with van der Waals surface area (Å²) in [7, 11) is 0. The minimum atomic E-state index is -2.91. The van der Waals surface area contributed by atoms with E-state index in [9.17, 15) is 13.6 Å². The molecule has 3 N–H and O–H groups in total. The molecule has 1 aromatic rings. The molecule has 0 bridgehead atoms. The number of halogens is 2. The Bertz CT molecular complexity index is 488. The maximum absolute atomic E-state index is 12.3. The molecule has 0 spiro atoms. The van der Waals surface area contributed by atoms with E-state index in [0.717, 1.165) is 32.1 Å². The molecule has 21 heavy (non-hydrogen) atoms. The van der Waals surface area contributed by atoms with Gasteiger partial charge in [-0.15, -0.1) is 0 Å². The van der Waals surface area contributed by atoms with E-state index in [-0.39, 0.29) is 17.2 Å². The molecule has 116 valence electrons. The van der Waals surface area contributed by atoms with Crippen molar-refractivity contribution in [3.8, 4) is 5.75 Å². The Morgan fingerprint density at radius 1 is 1.33 bits per heavy atom. The maximum atomic E-state index is 12.3. The lowest BCUT2D eigenvalue weighted by atomic mass is 9.81. The van der Waals surface area contributed by atoms with Crippen LogP contribution in [0.2, 0.25) is 0 Å². The van der Waals surface area contributed by atoms with E-state index in [4.69, 9.17) is 5.73 Å². The fourth-order valence-corrected chi connectivity index (χ4v) is 2.74. The Balaban J connectivity index is 2.08. The van der Waals surface area contributed by atoms with E-state index in [1.165, 1.54) is 18.2 Å². The first-order valence-corrected chi connectivity index (χ1v) is 7.12. The highest BCUT2D eigenvalue weighted by Gasteiger charge is 2.32. The molecule has 0 aromatic heterocycles. The summed E-state index contributed by atoms with van der Waals surface area (Å²) in [5.74, 6) is -0.329. The highest BCUT2D eigenvalue weighted by molar-refractivity contribution is 5.95. The number of nitrogens with one attached hydrogen (secondary N) is 1. The standard InChI is InChI=1S/C15H20F2N2O2/c16-14(17)21-12-6-4-5-11(9-12)13(20)19-15(10-18)7-2-1-3-8-15/h4-6,9,14H,1-3,7-8,10,18H2,(H,19,20). The highest BCUT2D eigenvalue weighted by atomic mass is 19.3. The number of carbonyl (C=O) groups excluding carboxylic acids is 1. The Morgan fingerprint density at radius 2 is 2.05 bits per heavy atom. The first kappa shape index (κ1) is 15.7. The molecule has 0 heterocycles. The van der Waals surface area contributed by atoms with Gasteiger partial charge in [-0.2, -0.15) is 8.78 Å². The van der Waals surface area contributed by atoms with Gasteiger partial charge in [-0.1, -0.05) is 25.3 Å². The van der Waals surface area contributed by atoms with Gasteiger partial charge in [-0.3, -0.25) is 4.79 Å². The second-order valence-electron chi connectivity index (χ2n) is 5.41. The van der Waals surface area contributed by atoms with Crippen molar-refractivity contribution in [2.75, 3.05) is 6.54 Å². The van der Waals surface area contributed by atoms with Gasteiger partial charge in [-0.05, 0) is 31.0 Å². The van der Waals surface area contributed by atoms with Crippen molar-refractivity contribution < 1.29 is 18.3 Å². The molecule has 0 atom stereocenters. The molecule has 2 rings (SSSR count). The Hall–Kier alpha value is -1.69. The SMILES string of the molecule is NCC1(NC(=O)c2cccc(OC(F)F)c2)CCCCC1. The third kappa shape index (κ3) is 4.14. The second-order valence-corrected chi connectivity index (χ2v) is 5.41. The van der Waals surface area contributed by atoms with Crippen molar-refractivity contribution in [2.24, 2.45) is 5.73 Å². The van der Waals surface area contributed by atoms with Crippen LogP contribution in [0.4, 0.5) is 8.78 Å². The molecular weight excluding hydrogens is 278 g/mol. The fourth-order valence-electron chi connectivity index (χ4n) is 2.74. The number of carbonyl (C=O) groups is 1. The van der Waals surface area contributed by atoms with Crippen LogP contribution in [0, 0.1) is 0 Å². The van der Waals surface area contributed by atoms with Crippen LogP contribution in [0.25, 0.3) is 0 Å². The molecule has 0 unspecified atom stereocenters. The van der Waals surface area contributed by atoms with Gasteiger partial charge in [0.05, 0.1) is 5.54 Å². The fraction of sp³-hybridized carbons (Fsp3) is 0.533. The van der Waals surface area contributed by atoms with Crippen LogP contribution < -0.4 is 15.8 Å². The lowest BCUT2D eigenvalue weighted by Gasteiger charge is -2.37. The number of alkyl halides is 2. The van der Waals surface area contributed by atoms with Crippen LogP contribution >= 0.6 is 0 Å². The number of hydrogen-bond donors (Lipinski definition) is 2. The van der Waals surface area contributed by atoms with E-state index >= 15 is 0 Å². The van der Waals surface area contributed by atoms with Crippen LogP contribution in [0.1, 0.15) is 42.5 Å². The largest absolute Gasteiger partial charge is 0.435 e. The molecule has 1 aliphatic carbocycles. The number of benzene rings is 1. The first-order valence-electron chi connectivity index (χ1n) is 7.12. The van der Waals surface area contributed by atoms with Crippen molar-refractivity contribution in [3.05, 3.63) is 29.8 Å². The van der Waals surface area contributed by atoms with E-state index in [0.29, 0.717) is 12.1 Å². The monoisotopic (exact) mass is 298 g/mol. The van der Waals surface area contributed by atoms with E-state index in [2.05, 4.69) is 10.1 Å². The molecule has 0 aliphatic heterocycles. The number of ether oxygens (including phenoxy) is 1. The zero-order chi connectivity index (χ0) is 15.3. The van der Waals surface area contributed by atoms with Crippen LogP contribution in [-0.2, 0) is 0 Å². The van der Waals surface area contributed by atoms with Crippen LogP contribution in [0.15, 0.2) is 24.3 Å². The maximum Gasteiger partial charge on any atom is 0.387 e. The Kier molecular flexibility index (Phi) is 5.12. The van der Waals surface area contributed by atoms with Gasteiger partial charge < -0.3 is 15.8 Å². The minimum Gasteiger partial charge on any atom is -0.435 e. The first-order chi connectivity index (χ1) is 10.0. The molecule has 1 fully saturated rings. The van der Waals surface area contributed by atoms with Crippen LogP contribution in [0.3, 0.4) is 0 Å². The predicted octanol–water partition coefficient (Wildman–Crippen LogP) is 2.68. The quantitative estimate of drug-likeness (QED) is 0.878. The Labute approximate surface area is 122 Å². The van der Waals surface area contributed by atoms with Gasteiger partial charge in [0, 0.05) is 12.1 Å². The van der Waals surface area contributed by atoms with Crippen molar-refractivity contribution in [1.29, 1.82) is 0 Å². The lowest BCUT2D eigenvalue weighted by Crippen LogP contribution is -2.54. The summed E-state index contributed by atoms with van der Waals surface area (Å²) >= 11 is 0. The molecule has 1 aliphatic rings. The van der Waals surface area contributed by atoms with Crippen LogP contribution in [0.5, 0.6) is 5.75 Å². The average molecular weight is 298 g/mol. The Morgan fingerprint density at radius 3 is 2.67 bits per heavy atom. The zero-order valence-electron chi connectivity index (χ0n) is 11.8. The number of amides is 1. The number of nitrogens with two attached hydrogens (primary N) is 1. The molecule has 0 radical (unpaired) electrons. The smallest absolute Gasteiger partial charge is 0.387 e. The predicted molar refractivity (Wildman–Crippen MR) is 75.4 cm³/mol. The molecule has 1 saturated carbocycles. The summed E-state index contributed by atoms with van der Waals surface area (Å²) in [5.41, 5.74) is 5.74. The van der Waals surface area contributed by atoms with Gasteiger partial charge in [0.15, 0.2) is 0 Å². The molecule has 1 aromatic carbocycles. The summed E-state index contributed by atoms with van der Waals surface area (Å²) in [6.45, 7) is -2.52. The summed E-state index contributed by atoms with van der Waals surface area (Å²) in [5, 5.41) is 2.97. The van der Waals surface area contributed by atoms with Gasteiger partial charge >= 0.3 is 6.61 Å². The van der Waals surface area contributed by atoms with E-state index < -0.39 is 6.61 Å². The van der Waals surface area contributed by atoms with Crippen molar-refractivity contribution in [2.45, 2.75) is 44.3 Å². The average Bonchev–Trinajstić information content (AvgIpc) is 2.48. The van der Waals surface area contributed by atoms with Gasteiger partial charge in [-0.25, -0.2) is 0 Å². The molecular formula is C15H20F2N2O2.